The Labute approximate surface area is 88.5 Å². The number of hydrogen-bond acceptors (Lipinski definition) is 3. The van der Waals surface area contributed by atoms with Gasteiger partial charge in [0, 0.05) is 12.0 Å². The molecule has 0 aliphatic carbocycles. The van der Waals surface area contributed by atoms with Crippen molar-refractivity contribution in [1.29, 1.82) is 0 Å². The predicted molar refractivity (Wildman–Crippen MR) is 57.2 cm³/mol. The molecule has 0 bridgehead atoms. The van der Waals surface area contributed by atoms with Crippen LogP contribution in [0, 0.1) is 0 Å². The van der Waals surface area contributed by atoms with Crippen molar-refractivity contribution in [1.82, 2.24) is 0 Å². The molecule has 2 aliphatic rings. The van der Waals surface area contributed by atoms with Crippen LogP contribution in [0.1, 0.15) is 18.4 Å². The van der Waals surface area contributed by atoms with Gasteiger partial charge in [0.2, 0.25) is 0 Å². The number of rotatable bonds is 0. The average Bonchev–Trinajstić information content (AvgIpc) is 2.29. The van der Waals surface area contributed by atoms with Crippen LogP contribution in [0.4, 0.5) is 0 Å². The highest BCUT2D eigenvalue weighted by atomic mass is 16.5. The van der Waals surface area contributed by atoms with E-state index in [-0.39, 0.29) is 6.23 Å². The molecule has 3 nitrogen and oxygen atoms in total. The number of hydrogen-bond donors (Lipinski definition) is 1. The lowest BCUT2D eigenvalue weighted by Crippen LogP contribution is -2.29. The van der Waals surface area contributed by atoms with Crippen molar-refractivity contribution in [3.05, 3.63) is 35.4 Å². The van der Waals surface area contributed by atoms with E-state index in [0.717, 1.165) is 29.9 Å². The molecule has 3 rings (SSSR count). The van der Waals surface area contributed by atoms with Crippen molar-refractivity contribution >= 4 is 5.76 Å². The second-order valence-electron chi connectivity index (χ2n) is 3.91. The summed E-state index contributed by atoms with van der Waals surface area (Å²) in [6.07, 6.45) is 1.68. The zero-order valence-corrected chi connectivity index (χ0v) is 8.40. The summed E-state index contributed by atoms with van der Waals surface area (Å²) < 4.78 is 11.3. The molecule has 0 saturated heterocycles. The zero-order chi connectivity index (χ0) is 10.3. The summed E-state index contributed by atoms with van der Waals surface area (Å²) in [7, 11) is 0. The highest BCUT2D eigenvalue weighted by Crippen LogP contribution is 2.38. The van der Waals surface area contributed by atoms with Crippen LogP contribution in [0.15, 0.2) is 29.8 Å². The Kier molecular flexibility index (Phi) is 1.92. The van der Waals surface area contributed by atoms with Crippen molar-refractivity contribution in [2.75, 3.05) is 6.61 Å². The van der Waals surface area contributed by atoms with Crippen LogP contribution >= 0.6 is 0 Å². The zero-order valence-electron chi connectivity index (χ0n) is 8.40. The standard InChI is InChI=1S/C12H13NO2/c13-11-6-5-8-7-14-10-4-2-1-3-9(10)12(8)15-11/h1-4,11H,5-7,13H2. The van der Waals surface area contributed by atoms with Crippen LogP contribution in [0.5, 0.6) is 5.75 Å². The van der Waals surface area contributed by atoms with E-state index in [2.05, 4.69) is 0 Å². The maximum atomic E-state index is 5.80. The van der Waals surface area contributed by atoms with Gasteiger partial charge in [-0.15, -0.1) is 0 Å². The fourth-order valence-electron chi connectivity index (χ4n) is 2.06. The van der Waals surface area contributed by atoms with Gasteiger partial charge in [0.1, 0.15) is 24.3 Å². The van der Waals surface area contributed by atoms with Gasteiger partial charge in [0.05, 0.1) is 5.56 Å². The van der Waals surface area contributed by atoms with Crippen LogP contribution in [0.25, 0.3) is 5.76 Å². The summed E-state index contributed by atoms with van der Waals surface area (Å²) in [6.45, 7) is 0.638. The highest BCUT2D eigenvalue weighted by Gasteiger charge is 2.26. The van der Waals surface area contributed by atoms with E-state index in [9.17, 15) is 0 Å². The fourth-order valence-corrected chi connectivity index (χ4v) is 2.06. The third-order valence-electron chi connectivity index (χ3n) is 2.85. The summed E-state index contributed by atoms with van der Waals surface area (Å²) in [5.74, 6) is 1.83. The van der Waals surface area contributed by atoms with E-state index >= 15 is 0 Å². The molecule has 0 spiro atoms. The lowest BCUT2D eigenvalue weighted by atomic mass is 9.99. The summed E-state index contributed by atoms with van der Waals surface area (Å²) >= 11 is 0. The summed E-state index contributed by atoms with van der Waals surface area (Å²) in [6, 6.07) is 7.93. The molecule has 1 unspecified atom stereocenters. The Morgan fingerprint density at radius 2 is 2.13 bits per heavy atom. The maximum absolute atomic E-state index is 5.80. The minimum atomic E-state index is -0.171. The largest absolute Gasteiger partial charge is 0.488 e. The molecule has 3 heteroatoms. The molecule has 0 fully saturated rings. The quantitative estimate of drug-likeness (QED) is 0.700. The Balaban J connectivity index is 2.09. The smallest absolute Gasteiger partial charge is 0.148 e. The SMILES string of the molecule is NC1CCC2=C(O1)c1ccccc1OC2. The van der Waals surface area contributed by atoms with Crippen LogP contribution in [0.2, 0.25) is 0 Å². The van der Waals surface area contributed by atoms with E-state index < -0.39 is 0 Å². The molecule has 1 aromatic carbocycles. The number of nitrogens with two attached hydrogens (primary N) is 1. The van der Waals surface area contributed by atoms with Gasteiger partial charge < -0.3 is 9.47 Å². The van der Waals surface area contributed by atoms with Gasteiger partial charge in [-0.2, -0.15) is 0 Å². The Morgan fingerprint density at radius 1 is 1.27 bits per heavy atom. The van der Waals surface area contributed by atoms with Gasteiger partial charge in [0.15, 0.2) is 0 Å². The van der Waals surface area contributed by atoms with Crippen molar-refractivity contribution in [2.24, 2.45) is 5.73 Å². The molecular formula is C12H13NO2. The van der Waals surface area contributed by atoms with Crippen LogP contribution in [-0.4, -0.2) is 12.8 Å². The maximum Gasteiger partial charge on any atom is 0.148 e. The highest BCUT2D eigenvalue weighted by molar-refractivity contribution is 5.70. The van der Waals surface area contributed by atoms with Crippen molar-refractivity contribution in [2.45, 2.75) is 19.1 Å². The Hall–Kier alpha value is -1.48. The number of benzene rings is 1. The molecule has 78 valence electrons. The molecule has 2 heterocycles. The van der Waals surface area contributed by atoms with Crippen LogP contribution in [-0.2, 0) is 4.74 Å². The van der Waals surface area contributed by atoms with Crippen molar-refractivity contribution in [3.8, 4) is 5.75 Å². The van der Waals surface area contributed by atoms with Gasteiger partial charge in [-0.25, -0.2) is 0 Å². The fraction of sp³-hybridized carbons (Fsp3) is 0.333. The second kappa shape index (κ2) is 3.28. The lowest BCUT2D eigenvalue weighted by molar-refractivity contribution is 0.139. The molecular weight excluding hydrogens is 190 g/mol. The van der Waals surface area contributed by atoms with Gasteiger partial charge >= 0.3 is 0 Å². The van der Waals surface area contributed by atoms with E-state index in [1.165, 1.54) is 5.57 Å². The molecule has 0 saturated carbocycles. The van der Waals surface area contributed by atoms with Crippen LogP contribution in [0.3, 0.4) is 0 Å². The monoisotopic (exact) mass is 203 g/mol. The molecule has 0 aromatic heterocycles. The molecule has 1 atom stereocenters. The Bertz CT molecular complexity index is 425. The van der Waals surface area contributed by atoms with E-state index in [1.807, 2.05) is 24.3 Å². The normalized spacial score (nSPS) is 23.7. The first-order valence-corrected chi connectivity index (χ1v) is 5.21. The molecule has 15 heavy (non-hydrogen) atoms. The third-order valence-corrected chi connectivity index (χ3v) is 2.85. The number of ether oxygens (including phenoxy) is 2. The van der Waals surface area contributed by atoms with Gasteiger partial charge in [-0.1, -0.05) is 12.1 Å². The summed E-state index contributed by atoms with van der Waals surface area (Å²) in [5.41, 5.74) is 8.07. The first-order valence-electron chi connectivity index (χ1n) is 5.21. The van der Waals surface area contributed by atoms with Gasteiger partial charge in [-0.3, -0.25) is 5.73 Å². The second-order valence-corrected chi connectivity index (χ2v) is 3.91. The lowest BCUT2D eigenvalue weighted by Gasteiger charge is -2.30. The minimum absolute atomic E-state index is 0.171. The van der Waals surface area contributed by atoms with E-state index in [4.69, 9.17) is 15.2 Å². The first kappa shape index (κ1) is 8.80. The van der Waals surface area contributed by atoms with E-state index in [1.54, 1.807) is 0 Å². The molecule has 2 aliphatic heterocycles. The summed E-state index contributed by atoms with van der Waals surface area (Å²) in [4.78, 5) is 0. The minimum Gasteiger partial charge on any atom is -0.488 e. The average molecular weight is 203 g/mol. The predicted octanol–water partition coefficient (Wildman–Crippen LogP) is 1.89. The number of para-hydroxylation sites is 1. The van der Waals surface area contributed by atoms with Crippen molar-refractivity contribution < 1.29 is 9.47 Å². The van der Waals surface area contributed by atoms with Crippen LogP contribution < -0.4 is 10.5 Å². The molecule has 2 N–H and O–H groups in total. The molecule has 0 amide bonds. The topological polar surface area (TPSA) is 44.5 Å². The Morgan fingerprint density at radius 3 is 3.07 bits per heavy atom. The number of fused-ring (bicyclic) bond motifs is 2. The van der Waals surface area contributed by atoms with Crippen molar-refractivity contribution in [3.63, 3.8) is 0 Å². The third kappa shape index (κ3) is 1.39. The summed E-state index contributed by atoms with van der Waals surface area (Å²) in [5, 5.41) is 0. The van der Waals surface area contributed by atoms with E-state index in [0.29, 0.717) is 6.61 Å². The van der Waals surface area contributed by atoms with Gasteiger partial charge in [0.25, 0.3) is 0 Å². The first-order chi connectivity index (χ1) is 7.34. The molecule has 1 aromatic rings. The van der Waals surface area contributed by atoms with Gasteiger partial charge in [-0.05, 0) is 18.6 Å². The molecule has 0 radical (unpaired) electrons.